The molecule has 9 heavy (non-hydrogen) atoms. The molecular formula is C3H11N5S. The van der Waals surface area contributed by atoms with E-state index in [1.165, 1.54) is 5.12 Å². The summed E-state index contributed by atoms with van der Waals surface area (Å²) in [6.07, 6.45) is 0. The lowest BCUT2D eigenvalue weighted by Crippen LogP contribution is -2.54. The Morgan fingerprint density at radius 3 is 2.00 bits per heavy atom. The summed E-state index contributed by atoms with van der Waals surface area (Å²) in [4.78, 5) is 0. The summed E-state index contributed by atoms with van der Waals surface area (Å²) in [5, 5.41) is 1.86. The molecule has 0 aromatic rings. The molecule has 6 heteroatoms. The second-order valence-electron chi connectivity index (χ2n) is 1.23. The Kier molecular flexibility index (Phi) is 4.24. The highest BCUT2D eigenvalue weighted by molar-refractivity contribution is 7.80. The van der Waals surface area contributed by atoms with Gasteiger partial charge in [0.05, 0.1) is 0 Å². The highest BCUT2D eigenvalue weighted by atomic mass is 32.1. The van der Waals surface area contributed by atoms with Crippen LogP contribution in [0, 0.1) is 0 Å². The minimum Gasteiger partial charge on any atom is -0.299 e. The molecule has 0 amide bonds. The monoisotopic (exact) mass is 149 g/mol. The zero-order valence-corrected chi connectivity index (χ0v) is 6.25. The van der Waals surface area contributed by atoms with E-state index in [2.05, 4.69) is 16.3 Å². The summed E-state index contributed by atoms with van der Waals surface area (Å²) in [6.45, 7) is 0. The van der Waals surface area contributed by atoms with Crippen LogP contribution >= 0.6 is 12.2 Å². The van der Waals surface area contributed by atoms with E-state index in [1.807, 2.05) is 0 Å². The van der Waals surface area contributed by atoms with E-state index in [0.29, 0.717) is 5.11 Å². The van der Waals surface area contributed by atoms with Gasteiger partial charge in [-0.25, -0.2) is 21.8 Å². The topological polar surface area (TPSA) is 65.3 Å². The molecule has 0 heterocycles. The maximum absolute atomic E-state index is 5.01. The number of nitrogens with one attached hydrogen (secondary N) is 3. The van der Waals surface area contributed by atoms with Crippen LogP contribution in [0.4, 0.5) is 0 Å². The predicted molar refractivity (Wildman–Crippen MR) is 39.9 cm³/mol. The van der Waals surface area contributed by atoms with E-state index in [1.54, 1.807) is 14.1 Å². The maximum atomic E-state index is 5.01. The summed E-state index contributed by atoms with van der Waals surface area (Å²) >= 11 is 4.74. The second-order valence-corrected chi connectivity index (χ2v) is 1.62. The molecule has 0 aromatic heterocycles. The fraction of sp³-hybridized carbons (Fsp3) is 0.667. The summed E-state index contributed by atoms with van der Waals surface area (Å²) in [7, 11) is 3.44. The number of thiocarbonyl (C=S) groups is 1. The number of hydrazine groups is 3. The van der Waals surface area contributed by atoms with Crippen LogP contribution in [-0.2, 0) is 0 Å². The minimum atomic E-state index is 0.389. The molecule has 0 atom stereocenters. The Morgan fingerprint density at radius 1 is 1.44 bits per heavy atom. The lowest BCUT2D eigenvalue weighted by molar-refractivity contribution is 0.263. The van der Waals surface area contributed by atoms with E-state index >= 15 is 0 Å². The first kappa shape index (κ1) is 8.57. The lowest BCUT2D eigenvalue weighted by Gasteiger charge is -2.20. The van der Waals surface area contributed by atoms with Crippen molar-refractivity contribution in [1.82, 2.24) is 21.4 Å². The quantitative estimate of drug-likeness (QED) is 0.213. The molecule has 0 saturated heterocycles. The molecule has 0 fully saturated rings. The number of hydrogen-bond donors (Lipinski definition) is 4. The van der Waals surface area contributed by atoms with Gasteiger partial charge in [-0.15, -0.1) is 0 Å². The smallest absolute Gasteiger partial charge is 0.213 e. The van der Waals surface area contributed by atoms with Gasteiger partial charge in [-0.1, -0.05) is 0 Å². The van der Waals surface area contributed by atoms with Crippen molar-refractivity contribution in [3.8, 4) is 0 Å². The third-order valence-electron chi connectivity index (χ3n) is 0.774. The molecule has 0 saturated carbocycles. The standard InChI is InChI=1S/C3H11N5S/c1-5-8(6-2)3(9)7-4/h5-6H,4H2,1-2H3,(H,7,9). The molecule has 0 aliphatic heterocycles. The second kappa shape index (κ2) is 4.45. The van der Waals surface area contributed by atoms with Gasteiger partial charge in [0.2, 0.25) is 5.11 Å². The first-order chi connectivity index (χ1) is 4.26. The van der Waals surface area contributed by atoms with Gasteiger partial charge in [0, 0.05) is 14.1 Å². The summed E-state index contributed by atoms with van der Waals surface area (Å²) in [6, 6.07) is 0. The van der Waals surface area contributed by atoms with Crippen molar-refractivity contribution in [2.24, 2.45) is 5.84 Å². The molecule has 0 aromatic carbocycles. The molecule has 0 aliphatic rings. The van der Waals surface area contributed by atoms with E-state index in [9.17, 15) is 0 Å². The van der Waals surface area contributed by atoms with Crippen LogP contribution in [0.2, 0.25) is 0 Å². The molecule has 5 N–H and O–H groups in total. The van der Waals surface area contributed by atoms with E-state index < -0.39 is 0 Å². The van der Waals surface area contributed by atoms with Gasteiger partial charge in [0.15, 0.2) is 0 Å². The van der Waals surface area contributed by atoms with Gasteiger partial charge in [-0.3, -0.25) is 5.43 Å². The Labute approximate surface area is 59.5 Å². The van der Waals surface area contributed by atoms with E-state index in [0.717, 1.165) is 0 Å². The van der Waals surface area contributed by atoms with Gasteiger partial charge < -0.3 is 0 Å². The fourth-order valence-corrected chi connectivity index (χ4v) is 0.562. The summed E-state index contributed by atoms with van der Waals surface area (Å²) in [5.41, 5.74) is 7.78. The minimum absolute atomic E-state index is 0.389. The molecule has 0 unspecified atom stereocenters. The first-order valence-corrected chi connectivity index (χ1v) is 2.82. The van der Waals surface area contributed by atoms with Crippen molar-refractivity contribution in [2.75, 3.05) is 14.1 Å². The highest BCUT2D eigenvalue weighted by Gasteiger charge is 1.99. The third-order valence-corrected chi connectivity index (χ3v) is 1.07. The van der Waals surface area contributed by atoms with Crippen LogP contribution < -0.4 is 22.1 Å². The van der Waals surface area contributed by atoms with Crippen molar-refractivity contribution in [2.45, 2.75) is 0 Å². The summed E-state index contributed by atoms with van der Waals surface area (Å²) < 4.78 is 0. The third kappa shape index (κ3) is 2.56. The van der Waals surface area contributed by atoms with Gasteiger partial charge >= 0.3 is 0 Å². The molecule has 54 valence electrons. The van der Waals surface area contributed by atoms with Crippen LogP contribution in [0.15, 0.2) is 0 Å². The van der Waals surface area contributed by atoms with E-state index in [4.69, 9.17) is 18.1 Å². The first-order valence-electron chi connectivity index (χ1n) is 2.41. The average molecular weight is 149 g/mol. The van der Waals surface area contributed by atoms with Crippen LogP contribution in [0.3, 0.4) is 0 Å². The zero-order chi connectivity index (χ0) is 7.28. The highest BCUT2D eigenvalue weighted by Crippen LogP contribution is 1.71. The Morgan fingerprint density at radius 2 is 1.89 bits per heavy atom. The van der Waals surface area contributed by atoms with Crippen molar-refractivity contribution in [3.05, 3.63) is 0 Å². The Balaban J connectivity index is 3.64. The zero-order valence-electron chi connectivity index (χ0n) is 5.43. The lowest BCUT2D eigenvalue weighted by atomic mass is 11.1. The fourth-order valence-electron chi connectivity index (χ4n) is 0.379. The molecule has 0 radical (unpaired) electrons. The van der Waals surface area contributed by atoms with Crippen molar-refractivity contribution < 1.29 is 0 Å². The normalized spacial score (nSPS) is 8.78. The molecule has 0 rings (SSSR count). The average Bonchev–Trinajstić information content (AvgIpc) is 1.90. The van der Waals surface area contributed by atoms with Crippen molar-refractivity contribution >= 4 is 17.3 Å². The van der Waals surface area contributed by atoms with Crippen LogP contribution in [0.1, 0.15) is 0 Å². The predicted octanol–water partition coefficient (Wildman–Crippen LogP) is -1.69. The molecule has 0 bridgehead atoms. The SMILES string of the molecule is CNN(NC)C(=S)NN. The Bertz CT molecular complexity index is 90.2. The summed E-state index contributed by atoms with van der Waals surface area (Å²) in [5.74, 6) is 5.01. The number of hydrogen-bond acceptors (Lipinski definition) is 4. The van der Waals surface area contributed by atoms with Gasteiger partial charge in [-0.2, -0.15) is 0 Å². The molecule has 5 nitrogen and oxygen atoms in total. The van der Waals surface area contributed by atoms with Gasteiger partial charge in [0.25, 0.3) is 0 Å². The number of nitrogens with two attached hydrogens (primary N) is 1. The van der Waals surface area contributed by atoms with Crippen molar-refractivity contribution in [1.29, 1.82) is 0 Å². The van der Waals surface area contributed by atoms with E-state index in [-0.39, 0.29) is 0 Å². The van der Waals surface area contributed by atoms with Crippen LogP contribution in [-0.4, -0.2) is 24.3 Å². The van der Waals surface area contributed by atoms with Gasteiger partial charge in [0.1, 0.15) is 0 Å². The largest absolute Gasteiger partial charge is 0.299 e. The molecular weight excluding hydrogens is 138 g/mol. The number of nitrogens with zero attached hydrogens (tertiary/aromatic N) is 1. The maximum Gasteiger partial charge on any atom is 0.213 e. The molecule has 0 aliphatic carbocycles. The van der Waals surface area contributed by atoms with Crippen molar-refractivity contribution in [3.63, 3.8) is 0 Å². The van der Waals surface area contributed by atoms with Crippen LogP contribution in [0.25, 0.3) is 0 Å². The molecule has 0 spiro atoms. The Hall–Kier alpha value is -0.430. The van der Waals surface area contributed by atoms with Gasteiger partial charge in [-0.05, 0) is 12.2 Å². The number of rotatable bonds is 2. The van der Waals surface area contributed by atoms with Crippen LogP contribution in [0.5, 0.6) is 0 Å².